The molecule has 1 fully saturated rings. The second-order valence-corrected chi connectivity index (χ2v) is 7.25. The van der Waals surface area contributed by atoms with Crippen molar-refractivity contribution in [1.29, 1.82) is 0 Å². The Hall–Kier alpha value is -0.930. The minimum absolute atomic E-state index is 0.493. The van der Waals surface area contributed by atoms with E-state index in [-0.39, 0.29) is 0 Å². The topological polar surface area (TPSA) is 25.8 Å². The summed E-state index contributed by atoms with van der Waals surface area (Å²) in [5.41, 5.74) is 3.43. The highest BCUT2D eigenvalue weighted by Gasteiger charge is 2.24. The van der Waals surface area contributed by atoms with Crippen LogP contribution in [0.5, 0.6) is 0 Å². The summed E-state index contributed by atoms with van der Waals surface area (Å²) in [6.45, 7) is 4.35. The number of nitrogens with zero attached hydrogens (tertiary/aromatic N) is 2. The Morgan fingerprint density at radius 1 is 1.29 bits per heavy atom. The predicted molar refractivity (Wildman–Crippen MR) is 90.7 cm³/mol. The van der Waals surface area contributed by atoms with E-state index in [0.717, 1.165) is 33.9 Å². The molecule has 0 spiro atoms. The van der Waals surface area contributed by atoms with Crippen molar-refractivity contribution in [1.82, 2.24) is 9.97 Å². The first-order chi connectivity index (χ1) is 10.0. The van der Waals surface area contributed by atoms with Crippen molar-refractivity contribution in [3.63, 3.8) is 0 Å². The Balaban J connectivity index is 2.01. The smallest absolute Gasteiger partial charge is 0.161 e. The quantitative estimate of drug-likeness (QED) is 0.656. The van der Waals surface area contributed by atoms with Crippen molar-refractivity contribution in [2.75, 3.05) is 0 Å². The Morgan fingerprint density at radius 2 is 2.05 bits per heavy atom. The molecule has 0 bridgehead atoms. The van der Waals surface area contributed by atoms with Crippen molar-refractivity contribution < 1.29 is 0 Å². The van der Waals surface area contributed by atoms with Crippen molar-refractivity contribution in [3.8, 4) is 11.4 Å². The fourth-order valence-electron chi connectivity index (χ4n) is 2.46. The number of hydrogen-bond acceptors (Lipinski definition) is 2. The van der Waals surface area contributed by atoms with E-state index in [1.807, 2.05) is 0 Å². The van der Waals surface area contributed by atoms with Crippen molar-refractivity contribution in [3.05, 3.63) is 45.1 Å². The zero-order valence-electron chi connectivity index (χ0n) is 12.2. The van der Waals surface area contributed by atoms with Gasteiger partial charge in [-0.3, -0.25) is 0 Å². The molecule has 4 heteroatoms. The van der Waals surface area contributed by atoms with Crippen LogP contribution in [0.2, 0.25) is 5.15 Å². The molecule has 1 aromatic heterocycles. The van der Waals surface area contributed by atoms with E-state index < -0.39 is 0 Å². The van der Waals surface area contributed by atoms with Gasteiger partial charge in [0.25, 0.3) is 0 Å². The van der Waals surface area contributed by atoms with E-state index in [1.54, 1.807) is 0 Å². The predicted octanol–water partition coefficient (Wildman–Crippen LogP) is 5.64. The molecule has 1 aliphatic rings. The highest BCUT2D eigenvalue weighted by atomic mass is 79.9. The molecule has 21 heavy (non-hydrogen) atoms. The second kappa shape index (κ2) is 6.05. The van der Waals surface area contributed by atoms with Crippen LogP contribution in [0.4, 0.5) is 0 Å². The van der Waals surface area contributed by atoms with E-state index in [1.165, 1.54) is 18.4 Å². The summed E-state index contributed by atoms with van der Waals surface area (Å²) in [7, 11) is 0. The molecule has 0 amide bonds. The molecule has 0 radical (unpaired) electrons. The largest absolute Gasteiger partial charge is 0.232 e. The number of benzene rings is 1. The highest BCUT2D eigenvalue weighted by Crippen LogP contribution is 2.41. The van der Waals surface area contributed by atoms with E-state index in [4.69, 9.17) is 16.6 Å². The average Bonchev–Trinajstić information content (AvgIpc) is 3.28. The van der Waals surface area contributed by atoms with E-state index in [0.29, 0.717) is 11.1 Å². The molecule has 110 valence electrons. The van der Waals surface area contributed by atoms with Gasteiger partial charge < -0.3 is 0 Å². The van der Waals surface area contributed by atoms with Crippen LogP contribution in [0.25, 0.3) is 11.4 Å². The lowest BCUT2D eigenvalue weighted by molar-refractivity contribution is 0.632. The fraction of sp³-hybridized carbons (Fsp3) is 0.412. The summed E-state index contributed by atoms with van der Waals surface area (Å²) in [4.78, 5) is 9.16. The zero-order valence-corrected chi connectivity index (χ0v) is 14.6. The molecule has 1 aliphatic carbocycles. The van der Waals surface area contributed by atoms with Crippen LogP contribution >= 0.6 is 27.5 Å². The van der Waals surface area contributed by atoms with Gasteiger partial charge in [0.05, 0.1) is 10.2 Å². The summed E-state index contributed by atoms with van der Waals surface area (Å²) in [5.74, 6) is 1.98. The summed E-state index contributed by atoms with van der Waals surface area (Å²) in [6.07, 6.45) is 3.48. The molecule has 0 saturated heterocycles. The summed E-state index contributed by atoms with van der Waals surface area (Å²) in [6, 6.07) is 8.54. The van der Waals surface area contributed by atoms with Crippen molar-refractivity contribution >= 4 is 27.5 Å². The maximum atomic E-state index is 6.27. The molecular formula is C17H18BrClN2. The van der Waals surface area contributed by atoms with E-state index >= 15 is 0 Å². The second-order valence-electron chi connectivity index (χ2n) is 6.10. The van der Waals surface area contributed by atoms with Crippen LogP contribution in [-0.4, -0.2) is 9.97 Å². The van der Waals surface area contributed by atoms with Crippen LogP contribution in [0.1, 0.15) is 43.9 Å². The number of rotatable bonds is 4. The summed E-state index contributed by atoms with van der Waals surface area (Å²) in [5, 5.41) is 0.493. The molecule has 0 aliphatic heterocycles. The van der Waals surface area contributed by atoms with E-state index in [2.05, 4.69) is 59.0 Å². The van der Waals surface area contributed by atoms with Gasteiger partial charge in [0.15, 0.2) is 5.82 Å². The van der Waals surface area contributed by atoms with Gasteiger partial charge in [-0.25, -0.2) is 9.97 Å². The summed E-state index contributed by atoms with van der Waals surface area (Å²) >= 11 is 9.78. The first-order valence-electron chi connectivity index (χ1n) is 7.37. The van der Waals surface area contributed by atoms with Gasteiger partial charge in [0, 0.05) is 5.56 Å². The van der Waals surface area contributed by atoms with Crippen LogP contribution in [0, 0.1) is 5.92 Å². The third kappa shape index (κ3) is 3.46. The highest BCUT2D eigenvalue weighted by molar-refractivity contribution is 9.10. The molecule has 0 atom stereocenters. The van der Waals surface area contributed by atoms with Gasteiger partial charge in [-0.15, -0.1) is 0 Å². The lowest BCUT2D eigenvalue weighted by Crippen LogP contribution is -2.03. The minimum atomic E-state index is 0.493. The normalized spacial score (nSPS) is 14.7. The molecule has 2 nitrogen and oxygen atoms in total. The van der Waals surface area contributed by atoms with Gasteiger partial charge >= 0.3 is 0 Å². The monoisotopic (exact) mass is 364 g/mol. The van der Waals surface area contributed by atoms with Gasteiger partial charge in [-0.1, -0.05) is 43.6 Å². The molecule has 3 rings (SSSR count). The number of hydrogen-bond donors (Lipinski definition) is 0. The molecule has 1 saturated carbocycles. The lowest BCUT2D eigenvalue weighted by Gasteiger charge is -2.11. The Bertz CT molecular complexity index is 666. The van der Waals surface area contributed by atoms with Crippen LogP contribution in [0.3, 0.4) is 0 Å². The molecule has 1 aromatic carbocycles. The molecule has 0 unspecified atom stereocenters. The zero-order chi connectivity index (χ0) is 15.0. The molecular weight excluding hydrogens is 348 g/mol. The molecule has 0 N–H and O–H groups in total. The maximum Gasteiger partial charge on any atom is 0.161 e. The van der Waals surface area contributed by atoms with Crippen LogP contribution in [-0.2, 0) is 6.42 Å². The minimum Gasteiger partial charge on any atom is -0.232 e. The van der Waals surface area contributed by atoms with Gasteiger partial charge in [0.1, 0.15) is 5.15 Å². The number of aromatic nitrogens is 2. The van der Waals surface area contributed by atoms with Crippen LogP contribution < -0.4 is 0 Å². The fourth-order valence-corrected chi connectivity index (χ4v) is 2.99. The first kappa shape index (κ1) is 15.0. The summed E-state index contributed by atoms with van der Waals surface area (Å²) < 4.78 is 0.819. The number of halogens is 2. The first-order valence-corrected chi connectivity index (χ1v) is 8.54. The maximum absolute atomic E-state index is 6.27. The SMILES string of the molecule is CC(C)Cc1nc(-c2cccc(C3CC3)c2)nc(Cl)c1Br. The van der Waals surface area contributed by atoms with Crippen molar-refractivity contribution in [2.24, 2.45) is 5.92 Å². The third-order valence-electron chi connectivity index (χ3n) is 3.67. The Kier molecular flexibility index (Phi) is 4.32. The third-order valence-corrected chi connectivity index (χ3v) is 5.01. The average molecular weight is 366 g/mol. The van der Waals surface area contributed by atoms with Crippen molar-refractivity contribution in [2.45, 2.75) is 39.0 Å². The van der Waals surface area contributed by atoms with Crippen LogP contribution in [0.15, 0.2) is 28.7 Å². The molecule has 1 heterocycles. The standard InChI is InChI=1S/C17H18BrClN2/c1-10(2)8-14-15(18)16(19)21-17(20-14)13-5-3-4-12(9-13)11-6-7-11/h3-5,9-11H,6-8H2,1-2H3. The van der Waals surface area contributed by atoms with Gasteiger partial charge in [-0.2, -0.15) is 0 Å². The Morgan fingerprint density at radius 3 is 2.71 bits per heavy atom. The lowest BCUT2D eigenvalue weighted by atomic mass is 10.1. The van der Waals surface area contributed by atoms with Gasteiger partial charge in [-0.05, 0) is 58.7 Å². The Labute approximate surface area is 139 Å². The van der Waals surface area contributed by atoms with Gasteiger partial charge in [0.2, 0.25) is 0 Å². The van der Waals surface area contributed by atoms with E-state index in [9.17, 15) is 0 Å². The molecule has 2 aromatic rings.